The number of nitrogens with two attached hydrogens (primary N) is 1. The van der Waals surface area contributed by atoms with Gasteiger partial charge in [0.05, 0.1) is 0 Å². The minimum Gasteiger partial charge on any atom is -0.384 e. The molecule has 0 saturated carbocycles. The first-order chi connectivity index (χ1) is 7.79. The van der Waals surface area contributed by atoms with Crippen LogP contribution in [0.4, 0.5) is 19.0 Å². The van der Waals surface area contributed by atoms with E-state index in [1.54, 1.807) is 12.1 Å². The lowest BCUT2D eigenvalue weighted by Gasteiger charge is -2.22. The summed E-state index contributed by atoms with van der Waals surface area (Å²) in [4.78, 5) is 5.15. The van der Waals surface area contributed by atoms with Crippen molar-refractivity contribution in [3.8, 4) is 0 Å². The number of likely N-dealkylation sites (N-methyl/N-ethyl adjacent to an activating group) is 1. The van der Waals surface area contributed by atoms with Crippen molar-refractivity contribution in [2.75, 3.05) is 19.3 Å². The van der Waals surface area contributed by atoms with Crippen LogP contribution in [0, 0.1) is 0 Å². The number of pyridine rings is 1. The smallest absolute Gasteiger partial charge is 0.384 e. The summed E-state index contributed by atoms with van der Waals surface area (Å²) < 4.78 is 36.3. The largest absolute Gasteiger partial charge is 0.415 e. The van der Waals surface area contributed by atoms with E-state index in [2.05, 4.69) is 4.98 Å². The van der Waals surface area contributed by atoms with Gasteiger partial charge in [0.2, 0.25) is 0 Å². The Kier molecular flexibility index (Phi) is 4.30. The predicted molar refractivity (Wildman–Crippen MR) is 57.0 cm³/mol. The molecule has 1 aromatic rings. The normalized spacial score (nSPS) is 14.0. The van der Waals surface area contributed by atoms with Crippen molar-refractivity contribution < 1.29 is 18.3 Å². The highest BCUT2D eigenvalue weighted by Crippen LogP contribution is 2.20. The summed E-state index contributed by atoms with van der Waals surface area (Å²) in [6, 6.07) is 3.24. The number of aromatic nitrogens is 1. The minimum absolute atomic E-state index is 0.264. The molecule has 17 heavy (non-hydrogen) atoms. The standard InChI is InChI=1S/C10H14F3N3O/c1-16(6-8(17)10(11,12)13)5-7-2-3-15-9(14)4-7/h2-4,8,17H,5-6H2,1H3,(H2,14,15)/t8-/m1/s1. The number of rotatable bonds is 4. The SMILES string of the molecule is CN(Cc1ccnc(N)c1)C[C@@H](O)C(F)(F)F. The molecule has 0 saturated heterocycles. The average Bonchev–Trinajstić information content (AvgIpc) is 2.15. The Morgan fingerprint density at radius 1 is 1.53 bits per heavy atom. The number of hydrogen-bond donors (Lipinski definition) is 2. The van der Waals surface area contributed by atoms with Crippen LogP contribution in [0.5, 0.6) is 0 Å². The van der Waals surface area contributed by atoms with Crippen LogP contribution in [0.2, 0.25) is 0 Å². The molecule has 1 rings (SSSR count). The molecular weight excluding hydrogens is 235 g/mol. The molecule has 0 unspecified atom stereocenters. The summed E-state index contributed by atoms with van der Waals surface area (Å²) in [5, 5.41) is 8.89. The summed E-state index contributed by atoms with van der Waals surface area (Å²) >= 11 is 0. The topological polar surface area (TPSA) is 62.4 Å². The molecule has 0 fully saturated rings. The van der Waals surface area contributed by atoms with Crippen molar-refractivity contribution >= 4 is 5.82 Å². The second-order valence-electron chi connectivity index (χ2n) is 3.84. The third-order valence-corrected chi connectivity index (χ3v) is 2.16. The molecule has 1 aromatic heterocycles. The van der Waals surface area contributed by atoms with E-state index in [4.69, 9.17) is 10.8 Å². The molecule has 0 bridgehead atoms. The van der Waals surface area contributed by atoms with Crippen LogP contribution in [-0.2, 0) is 6.54 Å². The predicted octanol–water partition coefficient (Wildman–Crippen LogP) is 1.02. The first-order valence-corrected chi connectivity index (χ1v) is 4.93. The first kappa shape index (κ1) is 13.7. The van der Waals surface area contributed by atoms with Gasteiger partial charge in [-0.3, -0.25) is 4.90 Å². The van der Waals surface area contributed by atoms with Crippen LogP contribution in [0.15, 0.2) is 18.3 Å². The van der Waals surface area contributed by atoms with Gasteiger partial charge >= 0.3 is 6.18 Å². The molecule has 0 aliphatic heterocycles. The Balaban J connectivity index is 2.53. The molecule has 0 amide bonds. The molecule has 1 atom stereocenters. The van der Waals surface area contributed by atoms with E-state index >= 15 is 0 Å². The summed E-state index contributed by atoms with van der Waals surface area (Å²) in [6.07, 6.45) is -5.45. The number of nitrogens with zero attached hydrogens (tertiary/aromatic N) is 2. The molecule has 3 N–H and O–H groups in total. The number of aliphatic hydroxyl groups is 1. The second-order valence-corrected chi connectivity index (χ2v) is 3.84. The number of halogens is 3. The van der Waals surface area contributed by atoms with E-state index in [0.29, 0.717) is 5.82 Å². The Morgan fingerprint density at radius 3 is 2.71 bits per heavy atom. The first-order valence-electron chi connectivity index (χ1n) is 4.93. The van der Waals surface area contributed by atoms with Gasteiger partial charge in [0, 0.05) is 19.3 Å². The number of hydrogen-bond acceptors (Lipinski definition) is 4. The molecule has 0 spiro atoms. The highest BCUT2D eigenvalue weighted by atomic mass is 19.4. The molecule has 96 valence electrons. The third kappa shape index (κ3) is 4.58. The number of alkyl halides is 3. The lowest BCUT2D eigenvalue weighted by atomic mass is 10.2. The number of nitrogen functional groups attached to an aromatic ring is 1. The lowest BCUT2D eigenvalue weighted by molar-refractivity contribution is -0.207. The van der Waals surface area contributed by atoms with Gasteiger partial charge in [0.15, 0.2) is 6.10 Å². The molecule has 4 nitrogen and oxygen atoms in total. The van der Waals surface area contributed by atoms with Gasteiger partial charge in [-0.2, -0.15) is 13.2 Å². The molecule has 0 aliphatic rings. The van der Waals surface area contributed by atoms with E-state index in [1.807, 2.05) is 0 Å². The minimum atomic E-state index is -4.59. The monoisotopic (exact) mass is 249 g/mol. The van der Waals surface area contributed by atoms with Crippen molar-refractivity contribution in [1.29, 1.82) is 0 Å². The van der Waals surface area contributed by atoms with Gasteiger partial charge in [-0.15, -0.1) is 0 Å². The van der Waals surface area contributed by atoms with Crippen molar-refractivity contribution in [1.82, 2.24) is 9.88 Å². The number of anilines is 1. The van der Waals surface area contributed by atoms with Gasteiger partial charge in [0.25, 0.3) is 0 Å². The maximum Gasteiger partial charge on any atom is 0.415 e. The Hall–Kier alpha value is -1.34. The van der Waals surface area contributed by atoms with E-state index in [9.17, 15) is 13.2 Å². The third-order valence-electron chi connectivity index (χ3n) is 2.16. The van der Waals surface area contributed by atoms with Crippen LogP contribution in [0.25, 0.3) is 0 Å². The summed E-state index contributed by atoms with van der Waals surface area (Å²) in [6.45, 7) is -0.217. The van der Waals surface area contributed by atoms with E-state index in [-0.39, 0.29) is 6.54 Å². The molecule has 0 aromatic carbocycles. The van der Waals surface area contributed by atoms with Crippen molar-refractivity contribution in [3.05, 3.63) is 23.9 Å². The van der Waals surface area contributed by atoms with Gasteiger partial charge in [0.1, 0.15) is 5.82 Å². The fraction of sp³-hybridized carbons (Fsp3) is 0.500. The highest BCUT2D eigenvalue weighted by Gasteiger charge is 2.38. The molecule has 0 radical (unpaired) electrons. The van der Waals surface area contributed by atoms with E-state index in [1.165, 1.54) is 18.1 Å². The van der Waals surface area contributed by atoms with Crippen molar-refractivity contribution in [2.24, 2.45) is 0 Å². The van der Waals surface area contributed by atoms with E-state index < -0.39 is 18.8 Å². The van der Waals surface area contributed by atoms with Gasteiger partial charge in [-0.05, 0) is 24.7 Å². The van der Waals surface area contributed by atoms with Crippen LogP contribution in [0.3, 0.4) is 0 Å². The summed E-state index contributed by atoms with van der Waals surface area (Å²) in [5.41, 5.74) is 6.19. The zero-order valence-corrected chi connectivity index (χ0v) is 9.28. The van der Waals surface area contributed by atoms with Gasteiger partial charge < -0.3 is 10.8 Å². The Labute approximate surface area is 96.9 Å². The second kappa shape index (κ2) is 5.33. The van der Waals surface area contributed by atoms with Crippen LogP contribution < -0.4 is 5.73 Å². The summed E-state index contributed by atoms with van der Waals surface area (Å²) in [5.74, 6) is 0.312. The quantitative estimate of drug-likeness (QED) is 0.836. The molecule has 7 heteroatoms. The Morgan fingerprint density at radius 2 is 2.18 bits per heavy atom. The number of aliphatic hydroxyl groups excluding tert-OH is 1. The van der Waals surface area contributed by atoms with Crippen molar-refractivity contribution in [3.63, 3.8) is 0 Å². The van der Waals surface area contributed by atoms with Gasteiger partial charge in [-0.25, -0.2) is 4.98 Å². The zero-order valence-electron chi connectivity index (χ0n) is 9.28. The summed E-state index contributed by atoms with van der Waals surface area (Å²) in [7, 11) is 1.49. The fourth-order valence-electron chi connectivity index (χ4n) is 1.37. The zero-order chi connectivity index (χ0) is 13.1. The van der Waals surface area contributed by atoms with Crippen LogP contribution >= 0.6 is 0 Å². The average molecular weight is 249 g/mol. The van der Waals surface area contributed by atoms with Gasteiger partial charge in [-0.1, -0.05) is 0 Å². The van der Waals surface area contributed by atoms with E-state index in [0.717, 1.165) is 5.56 Å². The highest BCUT2D eigenvalue weighted by molar-refractivity contribution is 5.31. The maximum absolute atomic E-state index is 12.1. The maximum atomic E-state index is 12.1. The molecule has 0 aliphatic carbocycles. The Bertz CT molecular complexity index is 370. The molecule has 1 heterocycles. The van der Waals surface area contributed by atoms with Crippen molar-refractivity contribution in [2.45, 2.75) is 18.8 Å². The molecular formula is C10H14F3N3O. The van der Waals surface area contributed by atoms with Crippen LogP contribution in [0.1, 0.15) is 5.56 Å². The lowest BCUT2D eigenvalue weighted by Crippen LogP contribution is -2.39. The fourth-order valence-corrected chi connectivity index (χ4v) is 1.37. The van der Waals surface area contributed by atoms with Crippen LogP contribution in [-0.4, -0.2) is 40.9 Å².